The number of alkyl halides is 3. The minimum atomic E-state index is -4.04. The normalized spacial score (nSPS) is 37.0. The minimum Gasteiger partial charge on any atom is -0.327 e. The highest BCUT2D eigenvalue weighted by Gasteiger charge is 2.42. The second-order valence-electron chi connectivity index (χ2n) is 6.65. The van der Waals surface area contributed by atoms with E-state index in [4.69, 9.17) is 5.73 Å². The molecule has 118 valence electrons. The number of nitrogens with zero attached hydrogens (tertiary/aromatic N) is 1. The van der Waals surface area contributed by atoms with Crippen LogP contribution < -0.4 is 5.73 Å². The molecule has 1 aliphatic heterocycles. The van der Waals surface area contributed by atoms with Gasteiger partial charge in [0.1, 0.15) is 0 Å². The molecule has 0 amide bonds. The number of halogens is 3. The lowest BCUT2D eigenvalue weighted by Gasteiger charge is -2.40. The first-order valence-corrected chi connectivity index (χ1v) is 7.94. The third kappa shape index (κ3) is 4.10. The van der Waals surface area contributed by atoms with Crippen molar-refractivity contribution in [3.05, 3.63) is 0 Å². The highest BCUT2D eigenvalue weighted by Crippen LogP contribution is 2.35. The molecule has 0 aromatic carbocycles. The van der Waals surface area contributed by atoms with Crippen molar-refractivity contribution in [3.8, 4) is 0 Å². The molecule has 0 aromatic heterocycles. The molecule has 1 aliphatic carbocycles. The molecule has 0 radical (unpaired) electrons. The van der Waals surface area contributed by atoms with E-state index in [2.05, 4.69) is 6.92 Å². The van der Waals surface area contributed by atoms with E-state index in [1.807, 2.05) is 4.90 Å². The first kappa shape index (κ1) is 16.1. The molecular formula is C15H27F3N2. The van der Waals surface area contributed by atoms with Gasteiger partial charge in [-0.1, -0.05) is 13.3 Å². The van der Waals surface area contributed by atoms with E-state index in [0.717, 1.165) is 32.4 Å². The van der Waals surface area contributed by atoms with Crippen LogP contribution in [-0.2, 0) is 0 Å². The van der Waals surface area contributed by atoms with Gasteiger partial charge in [-0.15, -0.1) is 0 Å². The monoisotopic (exact) mass is 292 g/mol. The Balaban J connectivity index is 1.88. The highest BCUT2D eigenvalue weighted by molar-refractivity contribution is 4.86. The molecule has 5 heteroatoms. The van der Waals surface area contributed by atoms with E-state index in [-0.39, 0.29) is 19.0 Å². The molecule has 1 saturated carbocycles. The second kappa shape index (κ2) is 6.65. The zero-order chi connectivity index (χ0) is 14.8. The summed E-state index contributed by atoms with van der Waals surface area (Å²) in [6, 6.07) is 0.170. The maximum Gasteiger partial charge on any atom is 0.393 e. The number of rotatable bonds is 3. The zero-order valence-electron chi connectivity index (χ0n) is 12.3. The van der Waals surface area contributed by atoms with Gasteiger partial charge in [0.05, 0.1) is 5.92 Å². The Hall–Kier alpha value is -0.290. The average Bonchev–Trinajstić information content (AvgIpc) is 2.41. The highest BCUT2D eigenvalue weighted by atomic mass is 19.4. The number of hydrogen-bond acceptors (Lipinski definition) is 2. The maximum absolute atomic E-state index is 12.8. The topological polar surface area (TPSA) is 29.3 Å². The molecule has 4 unspecified atom stereocenters. The predicted octanol–water partition coefficient (Wildman–Crippen LogP) is 3.41. The smallest absolute Gasteiger partial charge is 0.327 e. The van der Waals surface area contributed by atoms with Crippen LogP contribution in [0.2, 0.25) is 0 Å². The van der Waals surface area contributed by atoms with Crippen LogP contribution in [0.3, 0.4) is 0 Å². The number of piperidine rings is 1. The van der Waals surface area contributed by atoms with E-state index in [1.54, 1.807) is 0 Å². The van der Waals surface area contributed by atoms with Crippen LogP contribution in [-0.4, -0.2) is 36.8 Å². The summed E-state index contributed by atoms with van der Waals surface area (Å²) < 4.78 is 38.5. The SMILES string of the molecule is CCC1CCC(N)C(CN2CCCC(C(F)(F)F)C2)C1. The van der Waals surface area contributed by atoms with Gasteiger partial charge in [0.2, 0.25) is 0 Å². The summed E-state index contributed by atoms with van der Waals surface area (Å²) >= 11 is 0. The molecule has 2 rings (SSSR count). The van der Waals surface area contributed by atoms with Crippen LogP contribution in [0, 0.1) is 17.8 Å². The van der Waals surface area contributed by atoms with Crippen LogP contribution in [0.1, 0.15) is 45.4 Å². The van der Waals surface area contributed by atoms with Crippen molar-refractivity contribution in [2.24, 2.45) is 23.5 Å². The zero-order valence-corrected chi connectivity index (χ0v) is 12.3. The van der Waals surface area contributed by atoms with Gasteiger partial charge >= 0.3 is 6.18 Å². The molecule has 2 aliphatic rings. The summed E-state index contributed by atoms with van der Waals surface area (Å²) in [4.78, 5) is 2.00. The van der Waals surface area contributed by atoms with Crippen molar-refractivity contribution >= 4 is 0 Å². The molecule has 2 N–H and O–H groups in total. The number of nitrogens with two attached hydrogens (primary N) is 1. The largest absolute Gasteiger partial charge is 0.393 e. The Labute approximate surface area is 119 Å². The molecule has 0 aromatic rings. The first-order chi connectivity index (χ1) is 9.40. The third-order valence-corrected chi connectivity index (χ3v) is 5.19. The van der Waals surface area contributed by atoms with Crippen molar-refractivity contribution in [2.45, 2.75) is 57.7 Å². The molecule has 1 saturated heterocycles. The van der Waals surface area contributed by atoms with Gasteiger partial charge in [-0.3, -0.25) is 0 Å². The van der Waals surface area contributed by atoms with E-state index in [0.29, 0.717) is 18.3 Å². The van der Waals surface area contributed by atoms with E-state index >= 15 is 0 Å². The standard InChI is InChI=1S/C15H27F3N2/c1-2-11-5-6-14(19)12(8-11)9-20-7-3-4-13(10-20)15(16,17)18/h11-14H,2-10,19H2,1H3. The van der Waals surface area contributed by atoms with E-state index in [9.17, 15) is 13.2 Å². The number of hydrogen-bond donors (Lipinski definition) is 1. The average molecular weight is 292 g/mol. The Morgan fingerprint density at radius 3 is 2.60 bits per heavy atom. The van der Waals surface area contributed by atoms with Gasteiger partial charge in [0.25, 0.3) is 0 Å². The fourth-order valence-electron chi connectivity index (χ4n) is 3.79. The molecule has 20 heavy (non-hydrogen) atoms. The molecule has 2 nitrogen and oxygen atoms in total. The summed E-state index contributed by atoms with van der Waals surface area (Å²) in [5.41, 5.74) is 6.18. The summed E-state index contributed by atoms with van der Waals surface area (Å²) in [7, 11) is 0. The molecule has 1 heterocycles. The van der Waals surface area contributed by atoms with Crippen LogP contribution in [0.4, 0.5) is 13.2 Å². The van der Waals surface area contributed by atoms with E-state index in [1.165, 1.54) is 6.42 Å². The summed E-state index contributed by atoms with van der Waals surface area (Å²) in [5.74, 6) is -0.0540. The lowest BCUT2D eigenvalue weighted by Crippen LogP contribution is -2.48. The second-order valence-corrected chi connectivity index (χ2v) is 6.65. The van der Waals surface area contributed by atoms with E-state index < -0.39 is 12.1 Å². The molecule has 0 bridgehead atoms. The Morgan fingerprint density at radius 2 is 1.95 bits per heavy atom. The van der Waals surface area contributed by atoms with Crippen LogP contribution >= 0.6 is 0 Å². The van der Waals surface area contributed by atoms with Gasteiger partial charge in [-0.05, 0) is 50.5 Å². The van der Waals surface area contributed by atoms with Crippen LogP contribution in [0.25, 0.3) is 0 Å². The number of likely N-dealkylation sites (tertiary alicyclic amines) is 1. The van der Waals surface area contributed by atoms with Crippen LogP contribution in [0.5, 0.6) is 0 Å². The fraction of sp³-hybridized carbons (Fsp3) is 1.00. The van der Waals surface area contributed by atoms with Gasteiger partial charge in [0, 0.05) is 19.1 Å². The predicted molar refractivity (Wildman–Crippen MR) is 74.3 cm³/mol. The molecule has 0 spiro atoms. The van der Waals surface area contributed by atoms with Crippen molar-refractivity contribution in [2.75, 3.05) is 19.6 Å². The molecule has 2 fully saturated rings. The van der Waals surface area contributed by atoms with Crippen molar-refractivity contribution in [1.29, 1.82) is 0 Å². The summed E-state index contributed by atoms with van der Waals surface area (Å²) in [6.45, 7) is 3.92. The van der Waals surface area contributed by atoms with Crippen molar-refractivity contribution in [3.63, 3.8) is 0 Å². The minimum absolute atomic E-state index is 0.170. The first-order valence-electron chi connectivity index (χ1n) is 7.94. The summed E-state index contributed by atoms with van der Waals surface area (Å²) in [5, 5.41) is 0. The third-order valence-electron chi connectivity index (χ3n) is 5.19. The Morgan fingerprint density at radius 1 is 1.20 bits per heavy atom. The maximum atomic E-state index is 12.8. The van der Waals surface area contributed by atoms with Crippen molar-refractivity contribution < 1.29 is 13.2 Å². The van der Waals surface area contributed by atoms with Gasteiger partial charge in [-0.25, -0.2) is 0 Å². The Bertz CT molecular complexity index is 306. The fourth-order valence-corrected chi connectivity index (χ4v) is 3.79. The summed E-state index contributed by atoms with van der Waals surface area (Å²) in [6.07, 6.45) is 1.36. The van der Waals surface area contributed by atoms with Gasteiger partial charge in [0.15, 0.2) is 0 Å². The lowest BCUT2D eigenvalue weighted by atomic mass is 9.77. The Kier molecular flexibility index (Phi) is 5.35. The van der Waals surface area contributed by atoms with Gasteiger partial charge < -0.3 is 10.6 Å². The van der Waals surface area contributed by atoms with Crippen molar-refractivity contribution in [1.82, 2.24) is 4.90 Å². The molecular weight excluding hydrogens is 265 g/mol. The molecule has 4 atom stereocenters. The van der Waals surface area contributed by atoms with Crippen LogP contribution in [0.15, 0.2) is 0 Å². The lowest BCUT2D eigenvalue weighted by molar-refractivity contribution is -0.187. The quantitative estimate of drug-likeness (QED) is 0.863. The van der Waals surface area contributed by atoms with Gasteiger partial charge in [-0.2, -0.15) is 13.2 Å².